The summed E-state index contributed by atoms with van der Waals surface area (Å²) in [5.41, 5.74) is -0.425. The topological polar surface area (TPSA) is 96.1 Å². The van der Waals surface area contributed by atoms with E-state index < -0.39 is 17.2 Å². The Hall–Kier alpha value is -2.77. The summed E-state index contributed by atoms with van der Waals surface area (Å²) in [7, 11) is 4.12. The number of ether oxygens (including phenoxy) is 1. The van der Waals surface area contributed by atoms with Crippen molar-refractivity contribution in [3.05, 3.63) is 38.8 Å². The van der Waals surface area contributed by atoms with Crippen LogP contribution in [0.25, 0.3) is 17.2 Å². The summed E-state index contributed by atoms with van der Waals surface area (Å²) in [5, 5.41) is 0. The van der Waals surface area contributed by atoms with E-state index in [1.165, 1.54) is 44.1 Å². The van der Waals surface area contributed by atoms with E-state index in [-0.39, 0.29) is 11.2 Å². The Morgan fingerprint density at radius 1 is 1.30 bits per heavy atom. The first-order valence-corrected chi connectivity index (χ1v) is 5.64. The molecule has 2 aromatic rings. The summed E-state index contributed by atoms with van der Waals surface area (Å²) in [6.07, 6.45) is 3.91. The maximum absolute atomic E-state index is 11.9. The maximum atomic E-state index is 11.9. The summed E-state index contributed by atoms with van der Waals surface area (Å²) in [4.78, 5) is 42.8. The lowest BCUT2D eigenvalue weighted by Gasteiger charge is -2.05. The minimum absolute atomic E-state index is 0.0878. The highest BCUT2D eigenvalue weighted by Crippen LogP contribution is 2.04. The highest BCUT2D eigenvalue weighted by atomic mass is 16.5. The summed E-state index contributed by atoms with van der Waals surface area (Å²) >= 11 is 0. The van der Waals surface area contributed by atoms with E-state index in [2.05, 4.69) is 14.7 Å². The number of rotatable bonds is 2. The van der Waals surface area contributed by atoms with Gasteiger partial charge in [-0.2, -0.15) is 0 Å². The molecule has 0 atom stereocenters. The van der Waals surface area contributed by atoms with Gasteiger partial charge in [0.25, 0.3) is 5.56 Å². The van der Waals surface area contributed by atoms with Crippen LogP contribution in [-0.2, 0) is 23.6 Å². The van der Waals surface area contributed by atoms with Crippen LogP contribution in [0, 0.1) is 0 Å². The van der Waals surface area contributed by atoms with Gasteiger partial charge in [-0.3, -0.25) is 13.9 Å². The van der Waals surface area contributed by atoms with Gasteiger partial charge in [-0.25, -0.2) is 19.6 Å². The van der Waals surface area contributed by atoms with E-state index in [0.29, 0.717) is 5.69 Å². The zero-order valence-electron chi connectivity index (χ0n) is 11.2. The van der Waals surface area contributed by atoms with Gasteiger partial charge in [0.15, 0.2) is 11.2 Å². The predicted molar refractivity (Wildman–Crippen MR) is 71.1 cm³/mol. The third-order valence-corrected chi connectivity index (χ3v) is 2.76. The SMILES string of the molecule is COC(=O)/C=C/c1cnc2c(=O)n(C)c(=O)n(C)c2n1. The van der Waals surface area contributed by atoms with Crippen LogP contribution < -0.4 is 11.2 Å². The smallest absolute Gasteiger partial charge is 0.332 e. The molecule has 0 aromatic carbocycles. The second-order valence-corrected chi connectivity index (χ2v) is 4.03. The molecule has 0 aliphatic carbocycles. The molecule has 8 nitrogen and oxygen atoms in total. The van der Waals surface area contributed by atoms with Crippen LogP contribution in [0.1, 0.15) is 5.69 Å². The molecule has 0 bridgehead atoms. The van der Waals surface area contributed by atoms with E-state index in [0.717, 1.165) is 4.57 Å². The Kier molecular flexibility index (Phi) is 3.47. The number of hydrogen-bond acceptors (Lipinski definition) is 6. The summed E-state index contributed by atoms with van der Waals surface area (Å²) in [6, 6.07) is 0. The van der Waals surface area contributed by atoms with E-state index >= 15 is 0 Å². The van der Waals surface area contributed by atoms with Crippen molar-refractivity contribution < 1.29 is 9.53 Å². The second-order valence-electron chi connectivity index (χ2n) is 4.03. The molecule has 0 amide bonds. The molecule has 8 heteroatoms. The molecule has 0 spiro atoms. The third-order valence-electron chi connectivity index (χ3n) is 2.76. The van der Waals surface area contributed by atoms with E-state index in [1.54, 1.807) is 0 Å². The molecular formula is C12H12N4O4. The average molecular weight is 276 g/mol. The first kappa shape index (κ1) is 13.7. The number of methoxy groups -OCH3 is 1. The van der Waals surface area contributed by atoms with Crippen molar-refractivity contribution in [2.75, 3.05) is 7.11 Å². The van der Waals surface area contributed by atoms with Crippen molar-refractivity contribution >= 4 is 23.2 Å². The molecule has 0 fully saturated rings. The van der Waals surface area contributed by atoms with Gasteiger partial charge in [-0.15, -0.1) is 0 Å². The lowest BCUT2D eigenvalue weighted by Crippen LogP contribution is -2.37. The van der Waals surface area contributed by atoms with Gasteiger partial charge >= 0.3 is 11.7 Å². The summed E-state index contributed by atoms with van der Waals surface area (Å²) in [6.45, 7) is 0. The first-order chi connectivity index (χ1) is 9.45. The fourth-order valence-electron chi connectivity index (χ4n) is 1.64. The van der Waals surface area contributed by atoms with Gasteiger partial charge in [-0.1, -0.05) is 0 Å². The molecular weight excluding hydrogens is 264 g/mol. The molecule has 0 radical (unpaired) electrons. The summed E-state index contributed by atoms with van der Waals surface area (Å²) < 4.78 is 6.64. The molecule has 0 unspecified atom stereocenters. The van der Waals surface area contributed by atoms with Crippen LogP contribution in [-0.4, -0.2) is 32.2 Å². The number of hydrogen-bond donors (Lipinski definition) is 0. The number of nitrogens with zero attached hydrogens (tertiary/aromatic N) is 4. The normalized spacial score (nSPS) is 11.2. The predicted octanol–water partition coefficient (Wildman–Crippen LogP) is -0.787. The quantitative estimate of drug-likeness (QED) is 0.527. The maximum Gasteiger partial charge on any atom is 0.332 e. The molecule has 0 saturated heterocycles. The van der Waals surface area contributed by atoms with Crippen molar-refractivity contribution in [2.45, 2.75) is 0 Å². The van der Waals surface area contributed by atoms with Crippen LogP contribution in [0.15, 0.2) is 21.9 Å². The van der Waals surface area contributed by atoms with Gasteiger partial charge in [0, 0.05) is 20.2 Å². The lowest BCUT2D eigenvalue weighted by atomic mass is 10.3. The summed E-state index contributed by atoms with van der Waals surface area (Å²) in [5.74, 6) is -0.537. The van der Waals surface area contributed by atoms with Gasteiger partial charge in [-0.05, 0) is 6.08 Å². The zero-order chi connectivity index (χ0) is 14.9. The van der Waals surface area contributed by atoms with Crippen molar-refractivity contribution in [3.8, 4) is 0 Å². The van der Waals surface area contributed by atoms with Crippen molar-refractivity contribution in [3.63, 3.8) is 0 Å². The fraction of sp³-hybridized carbons (Fsp3) is 0.250. The van der Waals surface area contributed by atoms with Crippen molar-refractivity contribution in [1.29, 1.82) is 0 Å². The van der Waals surface area contributed by atoms with Crippen LogP contribution in [0.3, 0.4) is 0 Å². The largest absolute Gasteiger partial charge is 0.466 e. The molecule has 2 rings (SSSR count). The Labute approximate surface area is 113 Å². The van der Waals surface area contributed by atoms with Crippen LogP contribution >= 0.6 is 0 Å². The Morgan fingerprint density at radius 2 is 2.00 bits per heavy atom. The lowest BCUT2D eigenvalue weighted by molar-refractivity contribution is -0.134. The first-order valence-electron chi connectivity index (χ1n) is 5.64. The fourth-order valence-corrected chi connectivity index (χ4v) is 1.64. The van der Waals surface area contributed by atoms with Gasteiger partial charge in [0.1, 0.15) is 0 Å². The van der Waals surface area contributed by atoms with E-state index in [4.69, 9.17) is 0 Å². The molecule has 20 heavy (non-hydrogen) atoms. The molecule has 0 N–H and O–H groups in total. The minimum atomic E-state index is -0.537. The highest BCUT2D eigenvalue weighted by molar-refractivity contribution is 5.86. The number of carbonyl (C=O) groups is 1. The van der Waals surface area contributed by atoms with E-state index in [1.807, 2.05) is 0 Å². The molecule has 2 aromatic heterocycles. The monoisotopic (exact) mass is 276 g/mol. The molecule has 104 valence electrons. The van der Waals surface area contributed by atoms with Crippen LogP contribution in [0.2, 0.25) is 0 Å². The van der Waals surface area contributed by atoms with Crippen LogP contribution in [0.5, 0.6) is 0 Å². The second kappa shape index (κ2) is 5.08. The van der Waals surface area contributed by atoms with E-state index in [9.17, 15) is 14.4 Å². The zero-order valence-corrected chi connectivity index (χ0v) is 11.2. The molecule has 0 aliphatic heterocycles. The van der Waals surface area contributed by atoms with Crippen LogP contribution in [0.4, 0.5) is 0 Å². The number of carbonyl (C=O) groups excluding carboxylic acids is 1. The highest BCUT2D eigenvalue weighted by Gasteiger charge is 2.10. The Bertz CT molecular complexity index is 832. The van der Waals surface area contributed by atoms with Gasteiger partial charge in [0.05, 0.1) is 19.0 Å². The van der Waals surface area contributed by atoms with Crippen molar-refractivity contribution in [2.24, 2.45) is 14.1 Å². The molecule has 0 saturated carbocycles. The third kappa shape index (κ3) is 2.22. The van der Waals surface area contributed by atoms with Gasteiger partial charge < -0.3 is 4.74 Å². The Balaban J connectivity index is 2.66. The van der Waals surface area contributed by atoms with Gasteiger partial charge in [0.2, 0.25) is 0 Å². The minimum Gasteiger partial charge on any atom is -0.466 e. The van der Waals surface area contributed by atoms with Crippen molar-refractivity contribution in [1.82, 2.24) is 19.1 Å². The number of aryl methyl sites for hydroxylation is 1. The number of fused-ring (bicyclic) bond motifs is 1. The molecule has 0 aliphatic rings. The number of aromatic nitrogens is 4. The standard InChI is InChI=1S/C12H12N4O4/c1-15-10-9(11(18)16(2)12(15)19)13-6-7(14-10)4-5-8(17)20-3/h4-6H,1-3H3/b5-4+. The Morgan fingerprint density at radius 3 is 2.65 bits per heavy atom. The molecule has 2 heterocycles. The number of esters is 1. The average Bonchev–Trinajstić information content (AvgIpc) is 2.48.